The number of carbonyl (C=O) groups excluding carboxylic acids is 3. The van der Waals surface area contributed by atoms with Crippen molar-refractivity contribution in [1.29, 1.82) is 0 Å². The maximum Gasteiger partial charge on any atom is 0.319 e. The average molecular weight is 358 g/mol. The molecule has 4 amide bonds. The highest BCUT2D eigenvalue weighted by atomic mass is 19.1. The predicted octanol–water partition coefficient (Wildman–Crippen LogP) is 2.43. The third-order valence-electron chi connectivity index (χ3n) is 3.25. The number of urea groups is 1. The van der Waals surface area contributed by atoms with Crippen molar-refractivity contribution in [2.75, 3.05) is 5.32 Å². The van der Waals surface area contributed by atoms with Gasteiger partial charge in [-0.2, -0.15) is 0 Å². The van der Waals surface area contributed by atoms with Crippen molar-refractivity contribution in [3.8, 4) is 0 Å². The molecule has 2 aromatic rings. The molecule has 0 fully saturated rings. The quantitative estimate of drug-likeness (QED) is 0.632. The Bertz CT molecular complexity index is 824. The van der Waals surface area contributed by atoms with Crippen LogP contribution in [0.25, 0.3) is 0 Å². The zero-order chi connectivity index (χ0) is 19.1. The van der Waals surface area contributed by atoms with Crippen LogP contribution in [-0.4, -0.2) is 23.9 Å². The highest BCUT2D eigenvalue weighted by Gasteiger charge is 2.16. The maximum absolute atomic E-state index is 13.6. The lowest BCUT2D eigenvalue weighted by Crippen LogP contribution is -2.42. The first-order valence-electron chi connectivity index (χ1n) is 7.90. The van der Waals surface area contributed by atoms with Gasteiger partial charge in [-0.25, -0.2) is 9.18 Å². The summed E-state index contributed by atoms with van der Waals surface area (Å²) in [5.74, 6) is -2.15. The first-order valence-corrected chi connectivity index (χ1v) is 7.90. The van der Waals surface area contributed by atoms with E-state index in [4.69, 9.17) is 0 Å². The number of hydrazine groups is 1. The van der Waals surface area contributed by atoms with Gasteiger partial charge in [-0.3, -0.25) is 20.4 Å². The van der Waals surface area contributed by atoms with E-state index in [0.717, 1.165) is 6.07 Å². The Balaban J connectivity index is 2.05. The molecule has 0 aliphatic rings. The largest absolute Gasteiger partial charge is 0.336 e. The van der Waals surface area contributed by atoms with E-state index in [9.17, 15) is 18.8 Å². The van der Waals surface area contributed by atoms with Crippen molar-refractivity contribution < 1.29 is 18.8 Å². The van der Waals surface area contributed by atoms with Gasteiger partial charge in [-0.1, -0.05) is 24.3 Å². The van der Waals surface area contributed by atoms with E-state index in [1.165, 1.54) is 24.3 Å². The minimum absolute atomic E-state index is 0.0731. The Labute approximate surface area is 149 Å². The van der Waals surface area contributed by atoms with E-state index in [-0.39, 0.29) is 22.9 Å². The molecule has 0 bridgehead atoms. The molecular weight excluding hydrogens is 339 g/mol. The second-order valence-corrected chi connectivity index (χ2v) is 5.69. The smallest absolute Gasteiger partial charge is 0.319 e. The number of carbonyl (C=O) groups is 3. The van der Waals surface area contributed by atoms with Gasteiger partial charge < -0.3 is 10.6 Å². The summed E-state index contributed by atoms with van der Waals surface area (Å²) in [6, 6.07) is 11.2. The SMILES string of the molecule is CC(C)NC(=O)Nc1ccccc1C(=O)NNC(=O)c1ccccc1F. The van der Waals surface area contributed by atoms with Crippen molar-refractivity contribution >= 4 is 23.5 Å². The van der Waals surface area contributed by atoms with E-state index in [0.29, 0.717) is 0 Å². The van der Waals surface area contributed by atoms with Crippen LogP contribution in [0.1, 0.15) is 34.6 Å². The summed E-state index contributed by atoms with van der Waals surface area (Å²) in [5.41, 5.74) is 4.55. The molecule has 0 atom stereocenters. The summed E-state index contributed by atoms with van der Waals surface area (Å²) in [4.78, 5) is 36.1. The number of halogens is 1. The number of benzene rings is 2. The van der Waals surface area contributed by atoms with Crippen molar-refractivity contribution in [2.45, 2.75) is 19.9 Å². The topological polar surface area (TPSA) is 99.3 Å². The van der Waals surface area contributed by atoms with Crippen LogP contribution in [0.5, 0.6) is 0 Å². The van der Waals surface area contributed by atoms with Crippen LogP contribution in [0.4, 0.5) is 14.9 Å². The normalized spacial score (nSPS) is 10.2. The molecule has 0 unspecified atom stereocenters. The van der Waals surface area contributed by atoms with Crippen molar-refractivity contribution in [2.24, 2.45) is 0 Å². The first kappa shape index (κ1) is 18.9. The lowest BCUT2D eigenvalue weighted by atomic mass is 10.1. The van der Waals surface area contributed by atoms with Crippen LogP contribution in [0.15, 0.2) is 48.5 Å². The molecule has 0 aliphatic heterocycles. The second-order valence-electron chi connectivity index (χ2n) is 5.69. The number of amides is 4. The fourth-order valence-electron chi connectivity index (χ4n) is 2.10. The summed E-state index contributed by atoms with van der Waals surface area (Å²) in [6.07, 6.45) is 0. The third-order valence-corrected chi connectivity index (χ3v) is 3.25. The highest BCUT2D eigenvalue weighted by molar-refractivity contribution is 6.04. The lowest BCUT2D eigenvalue weighted by molar-refractivity contribution is 0.0844. The molecule has 0 saturated heterocycles. The van der Waals surface area contributed by atoms with Crippen LogP contribution < -0.4 is 21.5 Å². The monoisotopic (exact) mass is 358 g/mol. The summed E-state index contributed by atoms with van der Waals surface area (Å²) in [5, 5.41) is 5.21. The van der Waals surface area contributed by atoms with Gasteiger partial charge in [0.15, 0.2) is 0 Å². The van der Waals surface area contributed by atoms with Crippen LogP contribution in [-0.2, 0) is 0 Å². The zero-order valence-electron chi connectivity index (χ0n) is 14.3. The summed E-state index contributed by atoms with van der Waals surface area (Å²) >= 11 is 0. The summed E-state index contributed by atoms with van der Waals surface area (Å²) < 4.78 is 13.6. The number of anilines is 1. The van der Waals surface area contributed by atoms with Gasteiger partial charge >= 0.3 is 6.03 Å². The van der Waals surface area contributed by atoms with Gasteiger partial charge in [0, 0.05) is 6.04 Å². The highest BCUT2D eigenvalue weighted by Crippen LogP contribution is 2.14. The Hall–Kier alpha value is -3.42. The molecule has 0 saturated carbocycles. The molecule has 0 aromatic heterocycles. The molecule has 0 aliphatic carbocycles. The van der Waals surface area contributed by atoms with Gasteiger partial charge in [0.1, 0.15) is 5.82 Å². The first-order chi connectivity index (χ1) is 12.4. The molecule has 26 heavy (non-hydrogen) atoms. The average Bonchev–Trinajstić information content (AvgIpc) is 2.59. The maximum atomic E-state index is 13.6. The minimum Gasteiger partial charge on any atom is -0.336 e. The van der Waals surface area contributed by atoms with Crippen molar-refractivity contribution in [1.82, 2.24) is 16.2 Å². The predicted molar refractivity (Wildman–Crippen MR) is 95.1 cm³/mol. The van der Waals surface area contributed by atoms with Gasteiger partial charge in [-0.05, 0) is 38.1 Å². The number of hydrogen-bond donors (Lipinski definition) is 4. The summed E-state index contributed by atoms with van der Waals surface area (Å²) in [6.45, 7) is 3.60. The third kappa shape index (κ3) is 5.04. The molecule has 8 heteroatoms. The molecule has 4 N–H and O–H groups in total. The van der Waals surface area contributed by atoms with Crippen LogP contribution in [0.3, 0.4) is 0 Å². The fourth-order valence-corrected chi connectivity index (χ4v) is 2.10. The van der Waals surface area contributed by atoms with E-state index >= 15 is 0 Å². The number of nitrogens with one attached hydrogen (secondary N) is 4. The Morgan fingerprint density at radius 2 is 1.38 bits per heavy atom. The van der Waals surface area contributed by atoms with E-state index in [2.05, 4.69) is 21.5 Å². The van der Waals surface area contributed by atoms with E-state index in [1.807, 2.05) is 0 Å². The molecule has 2 aromatic carbocycles. The molecule has 0 radical (unpaired) electrons. The lowest BCUT2D eigenvalue weighted by Gasteiger charge is -2.14. The number of rotatable bonds is 4. The van der Waals surface area contributed by atoms with Crippen LogP contribution in [0, 0.1) is 5.82 Å². The Kier molecular flexibility index (Phi) is 6.26. The van der Waals surface area contributed by atoms with Gasteiger partial charge in [-0.15, -0.1) is 0 Å². The van der Waals surface area contributed by atoms with Gasteiger partial charge in [0.25, 0.3) is 11.8 Å². The Morgan fingerprint density at radius 3 is 2.00 bits per heavy atom. The second kappa shape index (κ2) is 8.61. The molecule has 2 rings (SSSR count). The summed E-state index contributed by atoms with van der Waals surface area (Å²) in [7, 11) is 0. The van der Waals surface area contributed by atoms with Crippen LogP contribution >= 0.6 is 0 Å². The van der Waals surface area contributed by atoms with Crippen LogP contribution in [0.2, 0.25) is 0 Å². The van der Waals surface area contributed by atoms with E-state index < -0.39 is 23.7 Å². The fraction of sp³-hybridized carbons (Fsp3) is 0.167. The zero-order valence-corrected chi connectivity index (χ0v) is 14.3. The van der Waals surface area contributed by atoms with Crippen molar-refractivity contribution in [3.63, 3.8) is 0 Å². The number of hydrogen-bond acceptors (Lipinski definition) is 3. The molecule has 0 heterocycles. The van der Waals surface area contributed by atoms with E-state index in [1.54, 1.807) is 32.0 Å². The number of para-hydroxylation sites is 1. The molecular formula is C18H19FN4O3. The minimum atomic E-state index is -0.792. The Morgan fingerprint density at radius 1 is 0.846 bits per heavy atom. The molecule has 7 nitrogen and oxygen atoms in total. The molecule has 136 valence electrons. The molecule has 0 spiro atoms. The van der Waals surface area contributed by atoms with Crippen molar-refractivity contribution in [3.05, 3.63) is 65.5 Å². The standard InChI is InChI=1S/C18H19FN4O3/c1-11(2)20-18(26)21-15-10-6-4-8-13(15)17(25)23-22-16(24)12-7-3-5-9-14(12)19/h3-11H,1-2H3,(H,22,24)(H,23,25)(H2,20,21,26). The van der Waals surface area contributed by atoms with Gasteiger partial charge in [0.2, 0.25) is 0 Å². The van der Waals surface area contributed by atoms with Gasteiger partial charge in [0.05, 0.1) is 16.8 Å².